The first kappa shape index (κ1) is 30.4. The Morgan fingerprint density at radius 1 is 1.06 bits per heavy atom. The second-order valence-corrected chi connectivity index (χ2v) is 12.3. The van der Waals surface area contributed by atoms with Crippen molar-refractivity contribution >= 4 is 16.3 Å². The van der Waals surface area contributed by atoms with E-state index in [9.17, 15) is 28.5 Å². The molecule has 0 aromatic rings. The van der Waals surface area contributed by atoms with Crippen LogP contribution in [0.2, 0.25) is 0 Å². The molecule has 0 aromatic heterocycles. The summed E-state index contributed by atoms with van der Waals surface area (Å²) in [5.41, 5.74) is -0.674. The zero-order chi connectivity index (χ0) is 26.7. The number of rotatable bonds is 9. The predicted octanol–water partition coefficient (Wildman–Crippen LogP) is 0.664. The van der Waals surface area contributed by atoms with Crippen LogP contribution in [0.25, 0.3) is 0 Å². The summed E-state index contributed by atoms with van der Waals surface area (Å²) in [6.07, 6.45) is -3.82. The molecule has 0 radical (unpaired) electrons. The van der Waals surface area contributed by atoms with Crippen LogP contribution in [0.5, 0.6) is 0 Å². The van der Waals surface area contributed by atoms with Crippen LogP contribution in [-0.4, -0.2) is 89.6 Å². The monoisotopic (exact) mass is 525 g/mol. The minimum atomic E-state index is -4.67. The van der Waals surface area contributed by atoms with Gasteiger partial charge in [-0.25, -0.2) is 4.18 Å². The Hall–Kier alpha value is -0.860. The maximum atomic E-state index is 11.9. The van der Waals surface area contributed by atoms with Crippen LogP contribution < -0.4 is 5.32 Å². The van der Waals surface area contributed by atoms with Crippen LogP contribution >= 0.6 is 0 Å². The summed E-state index contributed by atoms with van der Waals surface area (Å²) in [7, 11) is -4.67. The topological polar surface area (TPSA) is 172 Å². The van der Waals surface area contributed by atoms with Crippen LogP contribution in [0, 0.1) is 23.7 Å². The van der Waals surface area contributed by atoms with Crippen molar-refractivity contribution in [3.05, 3.63) is 0 Å². The van der Waals surface area contributed by atoms with Crippen molar-refractivity contribution in [1.29, 1.82) is 0 Å². The maximum absolute atomic E-state index is 11.9. The normalized spacial score (nSPS) is 36.8. The highest BCUT2D eigenvalue weighted by molar-refractivity contribution is 7.80. The molecular weight excluding hydrogens is 482 g/mol. The molecule has 11 nitrogen and oxygen atoms in total. The Bertz CT molecular complexity index is 799. The van der Waals surface area contributed by atoms with Crippen molar-refractivity contribution < 1.29 is 46.7 Å². The van der Waals surface area contributed by atoms with Gasteiger partial charge >= 0.3 is 10.4 Å². The molecule has 206 valence electrons. The largest absolute Gasteiger partial charge is 0.397 e. The van der Waals surface area contributed by atoms with E-state index in [4.69, 9.17) is 18.2 Å². The van der Waals surface area contributed by atoms with E-state index in [1.54, 1.807) is 20.8 Å². The van der Waals surface area contributed by atoms with Gasteiger partial charge in [0.15, 0.2) is 0 Å². The van der Waals surface area contributed by atoms with E-state index < -0.39 is 58.4 Å². The van der Waals surface area contributed by atoms with Gasteiger partial charge in [-0.2, -0.15) is 8.42 Å². The fraction of sp³-hybridized carbons (Fsp3) is 0.957. The van der Waals surface area contributed by atoms with Crippen LogP contribution in [0.15, 0.2) is 0 Å². The zero-order valence-electron chi connectivity index (χ0n) is 21.5. The average Bonchev–Trinajstić information content (AvgIpc) is 2.70. The minimum Gasteiger partial charge on any atom is -0.396 e. The highest BCUT2D eigenvalue weighted by Crippen LogP contribution is 2.39. The smallest absolute Gasteiger partial charge is 0.396 e. The summed E-state index contributed by atoms with van der Waals surface area (Å²) < 4.78 is 48.6. The fourth-order valence-corrected chi connectivity index (χ4v) is 5.66. The number of carbonyl (C=O) groups is 1. The SMILES string of the molecule is CC(=O)NC1CC(OC2CC(CO)C(O)C(OC(C)(C)C)C2O)C(COS(=O)(=O)O)CC1C(C)C. The van der Waals surface area contributed by atoms with E-state index in [0.717, 1.165) is 0 Å². The molecular formula is C23H43NO10S. The Morgan fingerprint density at radius 3 is 2.17 bits per heavy atom. The van der Waals surface area contributed by atoms with Gasteiger partial charge in [-0.1, -0.05) is 13.8 Å². The van der Waals surface area contributed by atoms with Gasteiger partial charge in [-0.3, -0.25) is 9.35 Å². The van der Waals surface area contributed by atoms with Crippen molar-refractivity contribution in [3.63, 3.8) is 0 Å². The van der Waals surface area contributed by atoms with E-state index in [0.29, 0.717) is 12.8 Å². The van der Waals surface area contributed by atoms with Crippen LogP contribution in [0.4, 0.5) is 0 Å². The van der Waals surface area contributed by atoms with E-state index in [1.807, 2.05) is 13.8 Å². The Kier molecular flexibility index (Phi) is 10.5. The molecule has 9 unspecified atom stereocenters. The molecule has 0 spiro atoms. The number of nitrogens with one attached hydrogen (secondary N) is 1. The third-order valence-corrected chi connectivity index (χ3v) is 7.36. The van der Waals surface area contributed by atoms with Gasteiger partial charge in [-0.15, -0.1) is 0 Å². The van der Waals surface area contributed by atoms with E-state index in [1.165, 1.54) is 6.92 Å². The Balaban J connectivity index is 2.31. The number of hydrogen-bond acceptors (Lipinski definition) is 9. The highest BCUT2D eigenvalue weighted by Gasteiger charge is 2.48. The molecule has 0 saturated heterocycles. The lowest BCUT2D eigenvalue weighted by atomic mass is 9.71. The van der Waals surface area contributed by atoms with Gasteiger partial charge in [0.1, 0.15) is 12.2 Å². The third kappa shape index (κ3) is 8.89. The molecule has 12 heteroatoms. The van der Waals surface area contributed by atoms with Gasteiger partial charge in [0.25, 0.3) is 0 Å². The summed E-state index contributed by atoms with van der Waals surface area (Å²) in [5.74, 6) is -1.08. The van der Waals surface area contributed by atoms with Crippen molar-refractivity contribution in [2.75, 3.05) is 13.2 Å². The van der Waals surface area contributed by atoms with E-state index in [-0.39, 0.29) is 43.4 Å². The number of aliphatic hydroxyl groups excluding tert-OH is 3. The second-order valence-electron chi connectivity index (χ2n) is 11.2. The lowest BCUT2D eigenvalue weighted by Gasteiger charge is -2.48. The van der Waals surface area contributed by atoms with Crippen LogP contribution in [-0.2, 0) is 28.9 Å². The van der Waals surface area contributed by atoms with Crippen molar-refractivity contribution in [3.8, 4) is 0 Å². The lowest BCUT2D eigenvalue weighted by molar-refractivity contribution is -0.236. The van der Waals surface area contributed by atoms with Crippen molar-refractivity contribution in [1.82, 2.24) is 5.32 Å². The molecule has 2 saturated carbocycles. The van der Waals surface area contributed by atoms with Gasteiger partial charge in [0.2, 0.25) is 5.91 Å². The molecule has 0 aromatic carbocycles. The third-order valence-electron chi connectivity index (χ3n) is 6.93. The maximum Gasteiger partial charge on any atom is 0.397 e. The molecule has 35 heavy (non-hydrogen) atoms. The number of aliphatic hydroxyl groups is 3. The summed E-state index contributed by atoms with van der Waals surface area (Å²) in [4.78, 5) is 11.9. The van der Waals surface area contributed by atoms with E-state index >= 15 is 0 Å². The fourth-order valence-electron chi connectivity index (χ4n) is 5.31. The molecule has 9 atom stereocenters. The molecule has 2 aliphatic carbocycles. The highest BCUT2D eigenvalue weighted by atomic mass is 32.3. The molecule has 2 fully saturated rings. The lowest BCUT2D eigenvalue weighted by Crippen LogP contribution is -2.59. The summed E-state index contributed by atoms with van der Waals surface area (Å²) in [6, 6.07) is -0.249. The number of ether oxygens (including phenoxy) is 2. The first-order chi connectivity index (χ1) is 16.0. The van der Waals surface area contributed by atoms with Crippen molar-refractivity contribution in [2.24, 2.45) is 23.7 Å². The number of carbonyl (C=O) groups excluding carboxylic acids is 1. The van der Waals surface area contributed by atoms with Gasteiger partial charge in [0.05, 0.1) is 30.5 Å². The van der Waals surface area contributed by atoms with Gasteiger partial charge < -0.3 is 30.1 Å². The first-order valence-electron chi connectivity index (χ1n) is 12.2. The summed E-state index contributed by atoms with van der Waals surface area (Å²) >= 11 is 0. The molecule has 1 amide bonds. The molecule has 0 aliphatic heterocycles. The molecule has 2 aliphatic rings. The van der Waals surface area contributed by atoms with Gasteiger partial charge in [0, 0.05) is 31.4 Å². The molecule has 2 rings (SSSR count). The molecule has 5 N–H and O–H groups in total. The standard InChI is InChI=1S/C23H43NO10S/c1-12(2)16-7-15(11-32-35(29,30)31)18(9-17(16)24-13(3)26)33-19-8-14(10-25)20(27)22(21(19)28)34-23(4,5)6/h12,14-22,25,27-28H,7-11H2,1-6H3,(H,24,26)(H,29,30,31). The Morgan fingerprint density at radius 2 is 1.69 bits per heavy atom. The van der Waals surface area contributed by atoms with Gasteiger partial charge in [-0.05, 0) is 51.9 Å². The minimum absolute atomic E-state index is 0.00834. The van der Waals surface area contributed by atoms with Crippen LogP contribution in [0.1, 0.15) is 60.8 Å². The summed E-state index contributed by atoms with van der Waals surface area (Å²) in [6.45, 7) is 10.2. The van der Waals surface area contributed by atoms with E-state index in [2.05, 4.69) is 5.32 Å². The quantitative estimate of drug-likeness (QED) is 0.269. The Labute approximate surface area is 208 Å². The predicted molar refractivity (Wildman–Crippen MR) is 127 cm³/mol. The zero-order valence-corrected chi connectivity index (χ0v) is 22.3. The molecule has 0 heterocycles. The summed E-state index contributed by atoms with van der Waals surface area (Å²) in [5, 5.41) is 34.6. The molecule has 0 bridgehead atoms. The van der Waals surface area contributed by atoms with Crippen LogP contribution in [0.3, 0.4) is 0 Å². The average molecular weight is 526 g/mol. The number of amides is 1. The van der Waals surface area contributed by atoms with Crippen molar-refractivity contribution in [2.45, 2.75) is 103 Å². The number of hydrogen-bond donors (Lipinski definition) is 5. The first-order valence-corrected chi connectivity index (χ1v) is 13.6. The second kappa shape index (κ2) is 12.1.